The number of rotatable bonds is 4. The molecule has 0 bridgehead atoms. The van der Waals surface area contributed by atoms with E-state index in [9.17, 15) is 4.79 Å². The first kappa shape index (κ1) is 14.2. The Balaban J connectivity index is 1.75. The van der Waals surface area contributed by atoms with Crippen LogP contribution in [0.3, 0.4) is 0 Å². The summed E-state index contributed by atoms with van der Waals surface area (Å²) in [6.45, 7) is 2.16. The number of hydrazone groups is 1. The molecule has 1 aromatic carbocycles. The van der Waals surface area contributed by atoms with Crippen LogP contribution in [0.25, 0.3) is 11.4 Å². The summed E-state index contributed by atoms with van der Waals surface area (Å²) >= 11 is 0. The van der Waals surface area contributed by atoms with Crippen molar-refractivity contribution in [3.8, 4) is 11.4 Å². The first-order valence-electron chi connectivity index (χ1n) is 7.06. The maximum Gasteiger partial charge on any atom is 0.248 e. The van der Waals surface area contributed by atoms with Crippen molar-refractivity contribution >= 4 is 17.3 Å². The summed E-state index contributed by atoms with van der Waals surface area (Å²) in [6, 6.07) is 7.99. The van der Waals surface area contributed by atoms with E-state index >= 15 is 0 Å². The molecule has 0 atom stereocenters. The van der Waals surface area contributed by atoms with Crippen molar-refractivity contribution in [2.45, 2.75) is 19.9 Å². The van der Waals surface area contributed by atoms with Gasteiger partial charge in [0.1, 0.15) is 12.4 Å². The number of hydrogen-bond donors (Lipinski definition) is 1. The molecule has 1 aromatic heterocycles. The van der Waals surface area contributed by atoms with Crippen molar-refractivity contribution in [2.24, 2.45) is 5.10 Å². The standard InChI is InChI=1S/C15H18N6O/c1-10-8-14(22)21(19-10)9-13-16-15(18-17-13)11-4-6-12(7-5-11)20(2)3/h4-7H,8-9H2,1-3H3,(H,16,17,18). The Labute approximate surface area is 128 Å². The molecule has 0 unspecified atom stereocenters. The van der Waals surface area contributed by atoms with Gasteiger partial charge in [0.2, 0.25) is 5.91 Å². The van der Waals surface area contributed by atoms with Gasteiger partial charge in [-0.3, -0.25) is 9.89 Å². The van der Waals surface area contributed by atoms with E-state index in [4.69, 9.17) is 0 Å². The number of carbonyl (C=O) groups is 1. The SMILES string of the molecule is CC1=NN(Cc2nc(-c3ccc(N(C)C)cc3)n[nH]2)C(=O)C1. The van der Waals surface area contributed by atoms with Crippen molar-refractivity contribution in [3.05, 3.63) is 30.1 Å². The number of nitrogens with zero attached hydrogens (tertiary/aromatic N) is 5. The van der Waals surface area contributed by atoms with Gasteiger partial charge in [0.05, 0.1) is 6.42 Å². The highest BCUT2D eigenvalue weighted by molar-refractivity contribution is 6.03. The number of nitrogens with one attached hydrogen (secondary N) is 1. The molecule has 7 heteroatoms. The van der Waals surface area contributed by atoms with E-state index in [1.165, 1.54) is 5.01 Å². The van der Waals surface area contributed by atoms with E-state index in [-0.39, 0.29) is 5.91 Å². The molecule has 0 saturated carbocycles. The Kier molecular flexibility index (Phi) is 3.62. The Hall–Kier alpha value is -2.70. The van der Waals surface area contributed by atoms with Gasteiger partial charge in [-0.1, -0.05) is 0 Å². The average Bonchev–Trinajstić information content (AvgIpc) is 3.06. The second-order valence-electron chi connectivity index (χ2n) is 5.51. The summed E-state index contributed by atoms with van der Waals surface area (Å²) in [5.74, 6) is 1.23. The Morgan fingerprint density at radius 1 is 1.27 bits per heavy atom. The van der Waals surface area contributed by atoms with Crippen LogP contribution in [-0.2, 0) is 11.3 Å². The van der Waals surface area contributed by atoms with Gasteiger partial charge < -0.3 is 4.90 Å². The van der Waals surface area contributed by atoms with Crippen LogP contribution in [0, 0.1) is 0 Å². The molecular weight excluding hydrogens is 280 g/mol. The van der Waals surface area contributed by atoms with E-state index < -0.39 is 0 Å². The van der Waals surface area contributed by atoms with Crippen molar-refractivity contribution in [2.75, 3.05) is 19.0 Å². The number of aromatic amines is 1. The Morgan fingerprint density at radius 2 is 2.00 bits per heavy atom. The van der Waals surface area contributed by atoms with Crippen molar-refractivity contribution < 1.29 is 4.79 Å². The van der Waals surface area contributed by atoms with Gasteiger partial charge in [0.25, 0.3) is 0 Å². The lowest BCUT2D eigenvalue weighted by Crippen LogP contribution is -2.20. The van der Waals surface area contributed by atoms with E-state index in [2.05, 4.69) is 20.3 Å². The molecule has 0 spiro atoms. The molecule has 1 aliphatic rings. The molecule has 1 aliphatic heterocycles. The van der Waals surface area contributed by atoms with Gasteiger partial charge in [-0.25, -0.2) is 9.99 Å². The number of anilines is 1. The van der Waals surface area contributed by atoms with Crippen LogP contribution in [0.5, 0.6) is 0 Å². The second-order valence-corrected chi connectivity index (χ2v) is 5.51. The topological polar surface area (TPSA) is 77.5 Å². The highest BCUT2D eigenvalue weighted by atomic mass is 16.2. The number of hydrogen-bond acceptors (Lipinski definition) is 5. The smallest absolute Gasteiger partial charge is 0.248 e. The predicted octanol–water partition coefficient (Wildman–Crippen LogP) is 1.65. The third-order valence-corrected chi connectivity index (χ3v) is 3.46. The number of H-pyrrole nitrogens is 1. The summed E-state index contributed by atoms with van der Waals surface area (Å²) in [6.07, 6.45) is 0.382. The molecule has 2 aromatic rings. The van der Waals surface area contributed by atoms with E-state index in [1.54, 1.807) is 0 Å². The van der Waals surface area contributed by atoms with Crippen LogP contribution in [0.15, 0.2) is 29.4 Å². The molecule has 0 fully saturated rings. The van der Waals surface area contributed by atoms with Crippen molar-refractivity contribution in [1.29, 1.82) is 0 Å². The maximum atomic E-state index is 11.7. The average molecular weight is 298 g/mol. The summed E-state index contributed by atoms with van der Waals surface area (Å²) in [4.78, 5) is 18.2. The van der Waals surface area contributed by atoms with Crippen LogP contribution in [0.4, 0.5) is 5.69 Å². The molecule has 7 nitrogen and oxygen atoms in total. The lowest BCUT2D eigenvalue weighted by Gasteiger charge is -2.11. The van der Waals surface area contributed by atoms with Crippen molar-refractivity contribution in [1.82, 2.24) is 20.2 Å². The van der Waals surface area contributed by atoms with Gasteiger partial charge in [0, 0.05) is 31.1 Å². The molecule has 0 radical (unpaired) electrons. The minimum absolute atomic E-state index is 0.00853. The lowest BCUT2D eigenvalue weighted by atomic mass is 10.2. The molecule has 0 aliphatic carbocycles. The van der Waals surface area contributed by atoms with E-state index in [1.807, 2.05) is 50.2 Å². The highest BCUT2D eigenvalue weighted by Crippen LogP contribution is 2.20. The number of aromatic nitrogens is 3. The van der Waals surface area contributed by atoms with Crippen LogP contribution < -0.4 is 4.90 Å². The summed E-state index contributed by atoms with van der Waals surface area (Å²) in [7, 11) is 3.99. The second kappa shape index (κ2) is 5.59. The van der Waals surface area contributed by atoms with Gasteiger partial charge in [-0.2, -0.15) is 10.2 Å². The molecular formula is C15H18N6O. The number of carbonyl (C=O) groups excluding carboxylic acids is 1. The summed E-state index contributed by atoms with van der Waals surface area (Å²) in [5.41, 5.74) is 2.87. The van der Waals surface area contributed by atoms with Crippen LogP contribution in [-0.4, -0.2) is 45.9 Å². The van der Waals surface area contributed by atoms with E-state index in [0.717, 1.165) is 17.0 Å². The van der Waals surface area contributed by atoms with E-state index in [0.29, 0.717) is 24.6 Å². The summed E-state index contributed by atoms with van der Waals surface area (Å²) < 4.78 is 0. The third kappa shape index (κ3) is 2.83. The minimum atomic E-state index is -0.00853. The number of amides is 1. The van der Waals surface area contributed by atoms with Crippen LogP contribution >= 0.6 is 0 Å². The summed E-state index contributed by atoms with van der Waals surface area (Å²) in [5, 5.41) is 12.7. The zero-order valence-electron chi connectivity index (χ0n) is 12.9. The van der Waals surface area contributed by atoms with Crippen LogP contribution in [0.2, 0.25) is 0 Å². The fraction of sp³-hybridized carbons (Fsp3) is 0.333. The predicted molar refractivity (Wildman–Crippen MR) is 84.4 cm³/mol. The quantitative estimate of drug-likeness (QED) is 0.931. The first-order chi connectivity index (χ1) is 10.5. The molecule has 1 N–H and O–H groups in total. The zero-order chi connectivity index (χ0) is 15.7. The van der Waals surface area contributed by atoms with Gasteiger partial charge in [0.15, 0.2) is 5.82 Å². The molecule has 2 heterocycles. The first-order valence-corrected chi connectivity index (χ1v) is 7.06. The zero-order valence-corrected chi connectivity index (χ0v) is 12.9. The lowest BCUT2D eigenvalue weighted by molar-refractivity contribution is -0.129. The largest absolute Gasteiger partial charge is 0.378 e. The van der Waals surface area contributed by atoms with Gasteiger partial charge in [-0.15, -0.1) is 0 Å². The normalized spacial score (nSPS) is 14.4. The molecule has 114 valence electrons. The van der Waals surface area contributed by atoms with Gasteiger partial charge in [-0.05, 0) is 31.2 Å². The molecule has 22 heavy (non-hydrogen) atoms. The Morgan fingerprint density at radius 3 is 2.59 bits per heavy atom. The number of benzene rings is 1. The van der Waals surface area contributed by atoms with Crippen molar-refractivity contribution in [3.63, 3.8) is 0 Å². The maximum absolute atomic E-state index is 11.7. The Bertz CT molecular complexity index is 716. The molecule has 3 rings (SSSR count). The van der Waals surface area contributed by atoms with Crippen LogP contribution in [0.1, 0.15) is 19.2 Å². The highest BCUT2D eigenvalue weighted by Gasteiger charge is 2.22. The molecule has 1 amide bonds. The third-order valence-electron chi connectivity index (χ3n) is 3.46. The minimum Gasteiger partial charge on any atom is -0.378 e. The monoisotopic (exact) mass is 298 g/mol. The van der Waals surface area contributed by atoms with Gasteiger partial charge >= 0.3 is 0 Å². The fourth-order valence-electron chi connectivity index (χ4n) is 2.28. The molecule has 0 saturated heterocycles. The fourth-order valence-corrected chi connectivity index (χ4v) is 2.28.